The Hall–Kier alpha value is -3.12. The Morgan fingerprint density at radius 1 is 0.972 bits per heavy atom. The molecule has 0 nitrogen and oxygen atoms in total. The van der Waals surface area contributed by atoms with E-state index in [1.165, 1.54) is 49.7 Å². The van der Waals surface area contributed by atoms with Crippen LogP contribution in [0.2, 0.25) is 0 Å². The predicted octanol–water partition coefficient (Wildman–Crippen LogP) is 10.0. The van der Waals surface area contributed by atoms with E-state index >= 15 is 0 Å². The molecule has 5 rings (SSSR count). The van der Waals surface area contributed by atoms with Crippen LogP contribution in [-0.2, 0) is 6.42 Å². The van der Waals surface area contributed by atoms with Crippen LogP contribution in [0.25, 0.3) is 16.8 Å². The summed E-state index contributed by atoms with van der Waals surface area (Å²) in [5, 5.41) is 2.61. The van der Waals surface area contributed by atoms with Crippen LogP contribution in [0.1, 0.15) is 68.2 Å². The summed E-state index contributed by atoms with van der Waals surface area (Å²) in [5.74, 6) is 1.71. The minimum absolute atomic E-state index is 0.363. The lowest BCUT2D eigenvalue weighted by atomic mass is 9.62. The lowest BCUT2D eigenvalue weighted by molar-refractivity contribution is 0.322. The van der Waals surface area contributed by atoms with E-state index in [1.807, 2.05) is 0 Å². The number of aryl methyl sites for hydroxylation is 2. The van der Waals surface area contributed by atoms with Crippen molar-refractivity contribution in [3.8, 4) is 0 Å². The van der Waals surface area contributed by atoms with Gasteiger partial charge in [0.1, 0.15) is 0 Å². The van der Waals surface area contributed by atoms with Crippen LogP contribution < -0.4 is 0 Å². The summed E-state index contributed by atoms with van der Waals surface area (Å²) in [6, 6.07) is 22.9. The SMILES string of the molecule is C=C1C(=Cc2ccc3cc(C)ccc3c2)CC2=CC(C)C(C(=C)CCC)C(c3ccc(CC)cc3)C12. The summed E-state index contributed by atoms with van der Waals surface area (Å²) in [6.45, 7) is 18.4. The van der Waals surface area contributed by atoms with Crippen molar-refractivity contribution < 1.29 is 0 Å². The van der Waals surface area contributed by atoms with E-state index in [1.54, 1.807) is 5.57 Å². The molecule has 36 heavy (non-hydrogen) atoms. The standard InChI is InChI=1S/C36H40/c1-7-9-24(4)34-25(5)19-33-22-32(21-28-13-17-30-18-23(3)10-14-31(30)20-28)26(6)35(33)36(34)29-15-11-27(8-2)12-16-29/h10-21,25,34-36H,4,6-9,22H2,1-3,5H3. The molecule has 0 amide bonds. The normalized spacial score (nSPS) is 24.7. The van der Waals surface area contributed by atoms with E-state index in [-0.39, 0.29) is 0 Å². The molecule has 1 fully saturated rings. The van der Waals surface area contributed by atoms with E-state index in [4.69, 9.17) is 6.58 Å². The number of benzene rings is 3. The highest BCUT2D eigenvalue weighted by Gasteiger charge is 2.45. The molecule has 0 heteroatoms. The molecule has 0 radical (unpaired) electrons. The van der Waals surface area contributed by atoms with E-state index in [0.717, 1.165) is 25.7 Å². The average molecular weight is 473 g/mol. The molecule has 2 aliphatic carbocycles. The molecule has 0 aliphatic heterocycles. The topological polar surface area (TPSA) is 0 Å². The number of allylic oxidation sites excluding steroid dienone is 5. The van der Waals surface area contributed by atoms with E-state index < -0.39 is 0 Å². The van der Waals surface area contributed by atoms with E-state index in [0.29, 0.717) is 23.7 Å². The third-order valence-electron chi connectivity index (χ3n) is 8.55. The molecular formula is C36H40. The molecule has 4 atom stereocenters. The van der Waals surface area contributed by atoms with Crippen molar-refractivity contribution in [2.45, 2.75) is 59.3 Å². The number of fused-ring (bicyclic) bond motifs is 2. The Balaban J connectivity index is 1.55. The van der Waals surface area contributed by atoms with Gasteiger partial charge < -0.3 is 0 Å². The highest BCUT2D eigenvalue weighted by Crippen LogP contribution is 2.57. The predicted molar refractivity (Wildman–Crippen MR) is 157 cm³/mol. The maximum Gasteiger partial charge on any atom is 0.0123 e. The van der Waals surface area contributed by atoms with Crippen molar-refractivity contribution >= 4 is 16.8 Å². The minimum atomic E-state index is 0.363. The lowest BCUT2D eigenvalue weighted by Crippen LogP contribution is -2.31. The molecule has 2 aliphatic rings. The molecule has 3 aromatic carbocycles. The Labute approximate surface area is 218 Å². The Bertz CT molecular complexity index is 1360. The van der Waals surface area contributed by atoms with Crippen molar-refractivity contribution in [2.24, 2.45) is 17.8 Å². The van der Waals surface area contributed by atoms with Crippen molar-refractivity contribution in [1.29, 1.82) is 0 Å². The van der Waals surface area contributed by atoms with Crippen LogP contribution in [0.5, 0.6) is 0 Å². The number of hydrogen-bond donors (Lipinski definition) is 0. The second-order valence-corrected chi connectivity index (χ2v) is 11.1. The van der Waals surface area contributed by atoms with Crippen LogP contribution in [0, 0.1) is 24.7 Å². The largest absolute Gasteiger partial charge is 0.0995 e. The average Bonchev–Trinajstić information content (AvgIpc) is 3.17. The zero-order valence-corrected chi connectivity index (χ0v) is 22.5. The molecule has 4 unspecified atom stereocenters. The smallest absolute Gasteiger partial charge is 0.0123 e. The highest BCUT2D eigenvalue weighted by molar-refractivity contribution is 5.86. The van der Waals surface area contributed by atoms with Gasteiger partial charge in [0.25, 0.3) is 0 Å². The van der Waals surface area contributed by atoms with E-state index in [2.05, 4.69) is 107 Å². The second-order valence-electron chi connectivity index (χ2n) is 11.1. The summed E-state index contributed by atoms with van der Waals surface area (Å²) >= 11 is 0. The fraction of sp³-hybridized carbons (Fsp3) is 0.333. The first-order valence-electron chi connectivity index (χ1n) is 13.8. The van der Waals surface area contributed by atoms with Crippen molar-refractivity contribution in [3.63, 3.8) is 0 Å². The van der Waals surface area contributed by atoms with Gasteiger partial charge in [0.2, 0.25) is 0 Å². The fourth-order valence-corrected chi connectivity index (χ4v) is 6.76. The highest BCUT2D eigenvalue weighted by atomic mass is 14.5. The summed E-state index contributed by atoms with van der Waals surface area (Å²) in [5.41, 5.74) is 11.1. The molecule has 0 N–H and O–H groups in total. The van der Waals surface area contributed by atoms with Crippen molar-refractivity contribution in [2.75, 3.05) is 0 Å². The van der Waals surface area contributed by atoms with Gasteiger partial charge in [-0.15, -0.1) is 0 Å². The van der Waals surface area contributed by atoms with Gasteiger partial charge in [-0.25, -0.2) is 0 Å². The van der Waals surface area contributed by atoms with Crippen molar-refractivity contribution in [3.05, 3.63) is 124 Å². The first-order chi connectivity index (χ1) is 17.4. The molecule has 1 saturated carbocycles. The fourth-order valence-electron chi connectivity index (χ4n) is 6.76. The first kappa shape index (κ1) is 24.6. The van der Waals surface area contributed by atoms with Gasteiger partial charge in [-0.05, 0) is 82.7 Å². The maximum absolute atomic E-state index is 4.73. The van der Waals surface area contributed by atoms with Gasteiger partial charge >= 0.3 is 0 Å². The molecule has 0 aromatic heterocycles. The number of rotatable bonds is 6. The Morgan fingerprint density at radius 2 is 1.69 bits per heavy atom. The first-order valence-corrected chi connectivity index (χ1v) is 13.8. The summed E-state index contributed by atoms with van der Waals surface area (Å²) in [6.07, 6.45) is 9.28. The van der Waals surface area contributed by atoms with Gasteiger partial charge in [-0.1, -0.05) is 124 Å². The zero-order chi connectivity index (χ0) is 25.4. The molecule has 184 valence electrons. The molecule has 0 heterocycles. The van der Waals surface area contributed by atoms with Crippen LogP contribution in [0.4, 0.5) is 0 Å². The second kappa shape index (κ2) is 10.1. The summed E-state index contributed by atoms with van der Waals surface area (Å²) < 4.78 is 0. The number of hydrogen-bond acceptors (Lipinski definition) is 0. The van der Waals surface area contributed by atoms with Crippen LogP contribution in [0.15, 0.2) is 102 Å². The van der Waals surface area contributed by atoms with Gasteiger partial charge in [0, 0.05) is 11.8 Å². The lowest BCUT2D eigenvalue weighted by Gasteiger charge is -2.41. The van der Waals surface area contributed by atoms with Crippen LogP contribution in [0.3, 0.4) is 0 Å². The third-order valence-corrected chi connectivity index (χ3v) is 8.55. The molecule has 0 bridgehead atoms. The zero-order valence-electron chi connectivity index (χ0n) is 22.5. The van der Waals surface area contributed by atoms with Gasteiger partial charge in [-0.2, -0.15) is 0 Å². The molecular weight excluding hydrogens is 432 g/mol. The van der Waals surface area contributed by atoms with Gasteiger partial charge in [-0.3, -0.25) is 0 Å². The van der Waals surface area contributed by atoms with Crippen LogP contribution in [-0.4, -0.2) is 0 Å². The third kappa shape index (κ3) is 4.55. The van der Waals surface area contributed by atoms with Gasteiger partial charge in [0.05, 0.1) is 0 Å². The Morgan fingerprint density at radius 3 is 2.42 bits per heavy atom. The van der Waals surface area contributed by atoms with Crippen LogP contribution >= 0.6 is 0 Å². The minimum Gasteiger partial charge on any atom is -0.0995 e. The Kier molecular flexibility index (Phi) is 6.89. The monoisotopic (exact) mass is 472 g/mol. The van der Waals surface area contributed by atoms with Crippen molar-refractivity contribution in [1.82, 2.24) is 0 Å². The quantitative estimate of drug-likeness (QED) is 0.313. The summed E-state index contributed by atoms with van der Waals surface area (Å²) in [4.78, 5) is 0. The summed E-state index contributed by atoms with van der Waals surface area (Å²) in [7, 11) is 0. The maximum atomic E-state index is 4.73. The van der Waals surface area contributed by atoms with E-state index in [9.17, 15) is 0 Å². The van der Waals surface area contributed by atoms with Gasteiger partial charge in [0.15, 0.2) is 0 Å². The molecule has 0 spiro atoms. The molecule has 0 saturated heterocycles. The molecule has 3 aromatic rings.